The van der Waals surface area contributed by atoms with Gasteiger partial charge in [-0.05, 0) is 25.7 Å². The van der Waals surface area contributed by atoms with Crippen LogP contribution >= 0.6 is 0 Å². The van der Waals surface area contributed by atoms with E-state index in [0.717, 1.165) is 38.6 Å². The maximum Gasteiger partial charge on any atom is 0.219 e. The number of nitrogens with two attached hydrogens (primary N) is 1. The normalized spacial score (nSPS) is 27.0. The summed E-state index contributed by atoms with van der Waals surface area (Å²) < 4.78 is 0. The second kappa shape index (κ2) is 7.69. The molecule has 0 aromatic rings. The summed E-state index contributed by atoms with van der Waals surface area (Å²) in [5.41, 5.74) is 5.99. The van der Waals surface area contributed by atoms with Crippen LogP contribution in [-0.2, 0) is 4.79 Å². The Bertz CT molecular complexity index is 182. The van der Waals surface area contributed by atoms with Crippen molar-refractivity contribution >= 4 is 5.91 Å². The number of amides is 1. The van der Waals surface area contributed by atoms with Crippen LogP contribution in [0, 0.1) is 0 Å². The first-order valence-electron chi connectivity index (χ1n) is 6.31. The molecular weight excluding hydrogens is 188 g/mol. The van der Waals surface area contributed by atoms with Gasteiger partial charge in [-0.2, -0.15) is 0 Å². The van der Waals surface area contributed by atoms with Crippen LogP contribution in [0.5, 0.6) is 0 Å². The number of hydrogen-bond donors (Lipinski definition) is 2. The lowest BCUT2D eigenvalue weighted by atomic mass is 10.0. The molecule has 88 valence electrons. The topological polar surface area (TPSA) is 55.1 Å². The van der Waals surface area contributed by atoms with Crippen molar-refractivity contribution in [1.82, 2.24) is 5.32 Å². The second-order valence-electron chi connectivity index (χ2n) is 4.56. The Kier molecular flexibility index (Phi) is 6.41. The molecule has 15 heavy (non-hydrogen) atoms. The van der Waals surface area contributed by atoms with Crippen LogP contribution in [0.3, 0.4) is 0 Å². The Morgan fingerprint density at radius 3 is 2.47 bits per heavy atom. The summed E-state index contributed by atoms with van der Waals surface area (Å²) in [5, 5.41) is 2.96. The summed E-state index contributed by atoms with van der Waals surface area (Å²) >= 11 is 0. The van der Waals surface area contributed by atoms with Gasteiger partial charge in [-0.15, -0.1) is 0 Å². The van der Waals surface area contributed by atoms with Gasteiger partial charge in [0.1, 0.15) is 0 Å². The Labute approximate surface area is 92.8 Å². The highest BCUT2D eigenvalue weighted by Crippen LogP contribution is 2.10. The van der Waals surface area contributed by atoms with Crippen LogP contribution < -0.4 is 11.1 Å². The molecule has 1 amide bonds. The van der Waals surface area contributed by atoms with Crippen LogP contribution in [0.15, 0.2) is 0 Å². The van der Waals surface area contributed by atoms with Gasteiger partial charge in [0, 0.05) is 19.0 Å². The zero-order valence-electron chi connectivity index (χ0n) is 9.63. The minimum atomic E-state index is 0.211. The first kappa shape index (κ1) is 12.5. The third kappa shape index (κ3) is 6.50. The molecule has 1 aliphatic rings. The summed E-state index contributed by atoms with van der Waals surface area (Å²) in [4.78, 5) is 11.3. The molecule has 3 N–H and O–H groups in total. The first-order valence-corrected chi connectivity index (χ1v) is 6.31. The van der Waals surface area contributed by atoms with Crippen molar-refractivity contribution in [2.75, 3.05) is 6.54 Å². The van der Waals surface area contributed by atoms with Gasteiger partial charge in [0.15, 0.2) is 0 Å². The van der Waals surface area contributed by atoms with Crippen molar-refractivity contribution in [3.05, 3.63) is 0 Å². The molecule has 0 spiro atoms. The number of rotatable bonds is 0. The number of carbonyl (C=O) groups excluding carboxylic acids is 1. The average molecular weight is 212 g/mol. The molecule has 0 aromatic carbocycles. The zero-order chi connectivity index (χ0) is 10.9. The molecule has 1 unspecified atom stereocenters. The third-order valence-electron chi connectivity index (χ3n) is 3.05. The maximum atomic E-state index is 11.3. The summed E-state index contributed by atoms with van der Waals surface area (Å²) in [6, 6.07) is 0.355. The number of nitrogens with one attached hydrogen (secondary N) is 1. The van der Waals surface area contributed by atoms with E-state index in [0.29, 0.717) is 12.5 Å². The Hall–Kier alpha value is -0.570. The predicted octanol–water partition coefficient (Wildman–Crippen LogP) is 1.95. The minimum absolute atomic E-state index is 0.211. The molecule has 1 atom stereocenters. The molecule has 0 saturated carbocycles. The fourth-order valence-corrected chi connectivity index (χ4v) is 2.04. The molecule has 3 nitrogen and oxygen atoms in total. The van der Waals surface area contributed by atoms with E-state index in [1.807, 2.05) is 0 Å². The zero-order valence-corrected chi connectivity index (χ0v) is 9.63. The van der Waals surface area contributed by atoms with Gasteiger partial charge in [-0.1, -0.05) is 25.7 Å². The first-order chi connectivity index (χ1) is 7.29. The molecule has 3 heteroatoms. The lowest BCUT2D eigenvalue weighted by Crippen LogP contribution is -2.24. The van der Waals surface area contributed by atoms with E-state index in [1.165, 1.54) is 19.3 Å². The Balaban J connectivity index is 2.24. The van der Waals surface area contributed by atoms with Crippen LogP contribution in [0.2, 0.25) is 0 Å². The van der Waals surface area contributed by atoms with Crippen molar-refractivity contribution in [3.63, 3.8) is 0 Å². The average Bonchev–Trinajstić information content (AvgIpc) is 2.23. The van der Waals surface area contributed by atoms with Crippen molar-refractivity contribution in [3.8, 4) is 0 Å². The smallest absolute Gasteiger partial charge is 0.219 e. The van der Waals surface area contributed by atoms with E-state index in [-0.39, 0.29) is 5.91 Å². The lowest BCUT2D eigenvalue weighted by Gasteiger charge is -2.10. The molecule has 1 rings (SSSR count). The van der Waals surface area contributed by atoms with Gasteiger partial charge < -0.3 is 11.1 Å². The molecule has 0 radical (unpaired) electrons. The van der Waals surface area contributed by atoms with E-state index in [2.05, 4.69) is 5.32 Å². The van der Waals surface area contributed by atoms with Crippen molar-refractivity contribution < 1.29 is 4.79 Å². The van der Waals surface area contributed by atoms with Gasteiger partial charge in [0.2, 0.25) is 5.91 Å². The molecule has 1 heterocycles. The van der Waals surface area contributed by atoms with Crippen LogP contribution in [-0.4, -0.2) is 18.5 Å². The van der Waals surface area contributed by atoms with Gasteiger partial charge in [-0.3, -0.25) is 4.79 Å². The fourth-order valence-electron chi connectivity index (χ4n) is 2.04. The summed E-state index contributed by atoms with van der Waals surface area (Å²) in [7, 11) is 0. The standard InChI is InChI=1S/C12H24N2O/c13-11-7-3-1-2-6-10-14-12(15)9-5-4-8-11/h11H,1-10,13H2,(H,14,15). The molecule has 0 bridgehead atoms. The fraction of sp³-hybridized carbons (Fsp3) is 0.917. The third-order valence-corrected chi connectivity index (χ3v) is 3.05. The highest BCUT2D eigenvalue weighted by atomic mass is 16.1. The SMILES string of the molecule is NC1CCCCCCNC(=O)CCCC1. The van der Waals surface area contributed by atoms with Crippen LogP contribution in [0.4, 0.5) is 0 Å². The van der Waals surface area contributed by atoms with E-state index in [1.54, 1.807) is 0 Å². The molecule has 0 aliphatic carbocycles. The predicted molar refractivity (Wildman–Crippen MR) is 62.5 cm³/mol. The molecule has 0 aromatic heterocycles. The minimum Gasteiger partial charge on any atom is -0.356 e. The van der Waals surface area contributed by atoms with E-state index in [9.17, 15) is 4.79 Å². The highest BCUT2D eigenvalue weighted by molar-refractivity contribution is 5.75. The molecule has 1 aliphatic heterocycles. The number of hydrogen-bond acceptors (Lipinski definition) is 2. The molecular formula is C12H24N2O. The second-order valence-corrected chi connectivity index (χ2v) is 4.56. The monoisotopic (exact) mass is 212 g/mol. The summed E-state index contributed by atoms with van der Waals surface area (Å²) in [5.74, 6) is 0.211. The lowest BCUT2D eigenvalue weighted by molar-refractivity contribution is -0.121. The van der Waals surface area contributed by atoms with Gasteiger partial charge in [0.05, 0.1) is 0 Å². The summed E-state index contributed by atoms with van der Waals surface area (Å²) in [6.45, 7) is 0.852. The van der Waals surface area contributed by atoms with Gasteiger partial charge in [0.25, 0.3) is 0 Å². The number of carbonyl (C=O) groups is 1. The maximum absolute atomic E-state index is 11.3. The van der Waals surface area contributed by atoms with Gasteiger partial charge in [-0.25, -0.2) is 0 Å². The van der Waals surface area contributed by atoms with E-state index in [4.69, 9.17) is 5.73 Å². The quantitative estimate of drug-likeness (QED) is 0.645. The Morgan fingerprint density at radius 1 is 1.00 bits per heavy atom. The van der Waals surface area contributed by atoms with E-state index >= 15 is 0 Å². The summed E-state index contributed by atoms with van der Waals surface area (Å²) in [6.07, 6.45) is 9.81. The van der Waals surface area contributed by atoms with Gasteiger partial charge >= 0.3 is 0 Å². The molecule has 1 saturated heterocycles. The van der Waals surface area contributed by atoms with Crippen molar-refractivity contribution in [2.24, 2.45) is 5.73 Å². The Morgan fingerprint density at radius 2 is 1.67 bits per heavy atom. The van der Waals surface area contributed by atoms with Crippen LogP contribution in [0.1, 0.15) is 57.8 Å². The highest BCUT2D eigenvalue weighted by Gasteiger charge is 2.05. The van der Waals surface area contributed by atoms with E-state index < -0.39 is 0 Å². The molecule has 1 fully saturated rings. The van der Waals surface area contributed by atoms with Crippen molar-refractivity contribution in [2.45, 2.75) is 63.8 Å². The van der Waals surface area contributed by atoms with Crippen molar-refractivity contribution in [1.29, 1.82) is 0 Å². The largest absolute Gasteiger partial charge is 0.356 e. The van der Waals surface area contributed by atoms with Crippen LogP contribution in [0.25, 0.3) is 0 Å².